The molecule has 1 heterocycles. The van der Waals surface area contributed by atoms with Crippen molar-refractivity contribution in [3.05, 3.63) is 48.0 Å². The molecule has 3 rings (SSSR count). The van der Waals surface area contributed by atoms with E-state index in [2.05, 4.69) is 30.2 Å². The Hall–Kier alpha value is -2.46. The third-order valence-electron chi connectivity index (χ3n) is 5.44. The van der Waals surface area contributed by atoms with Gasteiger partial charge in [-0.25, -0.2) is 0 Å². The summed E-state index contributed by atoms with van der Waals surface area (Å²) in [5, 5.41) is 20.7. The lowest BCUT2D eigenvalue weighted by Crippen LogP contribution is -2.24. The summed E-state index contributed by atoms with van der Waals surface area (Å²) in [7, 11) is 0. The molecule has 0 bridgehead atoms. The lowest BCUT2D eigenvalue weighted by atomic mass is 10.1. The maximum absolute atomic E-state index is 9.94. The van der Waals surface area contributed by atoms with Gasteiger partial charge in [0.25, 0.3) is 0 Å². The first kappa shape index (κ1) is 19.3. The number of rotatable bonds is 8. The number of aromatic nitrogens is 1. The Bertz CT molecular complexity index is 893. The van der Waals surface area contributed by atoms with Crippen LogP contribution in [0.25, 0.3) is 22.2 Å². The fourth-order valence-electron chi connectivity index (χ4n) is 3.88. The second-order valence-corrected chi connectivity index (χ2v) is 7.11. The van der Waals surface area contributed by atoms with Crippen molar-refractivity contribution in [1.82, 2.24) is 9.47 Å². The highest BCUT2D eigenvalue weighted by Gasteiger charge is 2.16. The summed E-state index contributed by atoms with van der Waals surface area (Å²) in [6.45, 7) is 10.8. The zero-order valence-corrected chi connectivity index (χ0v) is 16.6. The van der Waals surface area contributed by atoms with Crippen molar-refractivity contribution in [2.45, 2.75) is 40.2 Å². The van der Waals surface area contributed by atoms with E-state index in [4.69, 9.17) is 0 Å². The molecule has 0 amide bonds. The van der Waals surface area contributed by atoms with E-state index in [-0.39, 0.29) is 5.75 Å². The fraction of sp³-hybridized carbons (Fsp3) is 0.391. The second kappa shape index (κ2) is 8.49. The van der Waals surface area contributed by atoms with Crippen LogP contribution in [0.4, 0.5) is 0 Å². The van der Waals surface area contributed by atoms with Gasteiger partial charge in [0.1, 0.15) is 11.5 Å². The summed E-state index contributed by atoms with van der Waals surface area (Å²) in [4.78, 5) is 2.46. The van der Waals surface area contributed by atoms with Gasteiger partial charge >= 0.3 is 0 Å². The molecule has 1 aromatic heterocycles. The third kappa shape index (κ3) is 4.11. The van der Waals surface area contributed by atoms with Gasteiger partial charge in [0.15, 0.2) is 0 Å². The van der Waals surface area contributed by atoms with Crippen LogP contribution in [-0.4, -0.2) is 39.3 Å². The van der Waals surface area contributed by atoms with E-state index < -0.39 is 0 Å². The van der Waals surface area contributed by atoms with Gasteiger partial charge in [0.2, 0.25) is 0 Å². The minimum absolute atomic E-state index is 0.274. The number of hydrogen-bond acceptors (Lipinski definition) is 3. The highest BCUT2D eigenvalue weighted by Crippen LogP contribution is 2.35. The molecule has 0 aliphatic rings. The van der Waals surface area contributed by atoms with Crippen LogP contribution in [0.3, 0.4) is 0 Å². The van der Waals surface area contributed by atoms with Gasteiger partial charge < -0.3 is 19.7 Å². The van der Waals surface area contributed by atoms with E-state index in [0.717, 1.165) is 61.1 Å². The topological polar surface area (TPSA) is 48.6 Å². The standard InChI is InChI=1S/C23H30N2O2/c1-4-24(5-2)14-6-7-15-25-22-13-12-20(27)16-21(22)17(3)23(25)18-8-10-19(26)11-9-18/h8-13,16,26-27H,4-7,14-15H2,1-3H3. The smallest absolute Gasteiger partial charge is 0.116 e. The monoisotopic (exact) mass is 366 g/mol. The van der Waals surface area contributed by atoms with Gasteiger partial charge in [0, 0.05) is 17.4 Å². The number of fused-ring (bicyclic) bond motifs is 1. The Morgan fingerprint density at radius 2 is 1.56 bits per heavy atom. The van der Waals surface area contributed by atoms with Crippen molar-refractivity contribution in [1.29, 1.82) is 0 Å². The number of nitrogens with zero attached hydrogens (tertiary/aromatic N) is 2. The Labute approximate surface area is 161 Å². The molecule has 0 radical (unpaired) electrons. The molecule has 0 fully saturated rings. The molecular weight excluding hydrogens is 336 g/mol. The average molecular weight is 367 g/mol. The molecule has 0 aliphatic heterocycles. The van der Waals surface area contributed by atoms with Crippen molar-refractivity contribution in [3.8, 4) is 22.8 Å². The zero-order valence-electron chi connectivity index (χ0n) is 16.6. The lowest BCUT2D eigenvalue weighted by Gasteiger charge is -2.18. The van der Waals surface area contributed by atoms with E-state index in [9.17, 15) is 10.2 Å². The number of phenols is 2. The van der Waals surface area contributed by atoms with Gasteiger partial charge in [0.05, 0.1) is 5.69 Å². The van der Waals surface area contributed by atoms with Gasteiger partial charge in [-0.1, -0.05) is 13.8 Å². The fourth-order valence-corrected chi connectivity index (χ4v) is 3.88. The molecule has 2 N–H and O–H groups in total. The van der Waals surface area contributed by atoms with Crippen LogP contribution in [0.2, 0.25) is 0 Å². The molecule has 0 spiro atoms. The highest BCUT2D eigenvalue weighted by molar-refractivity contribution is 5.92. The summed E-state index contributed by atoms with van der Waals surface area (Å²) < 4.78 is 2.36. The molecule has 27 heavy (non-hydrogen) atoms. The highest BCUT2D eigenvalue weighted by atomic mass is 16.3. The minimum atomic E-state index is 0.274. The first-order valence-corrected chi connectivity index (χ1v) is 9.88. The number of hydrogen-bond donors (Lipinski definition) is 2. The predicted octanol–water partition coefficient (Wildman–Crippen LogP) is 5.15. The van der Waals surface area contributed by atoms with E-state index >= 15 is 0 Å². The van der Waals surface area contributed by atoms with Gasteiger partial charge in [-0.2, -0.15) is 0 Å². The van der Waals surface area contributed by atoms with Crippen LogP contribution in [0, 0.1) is 6.92 Å². The normalized spacial score (nSPS) is 11.6. The maximum Gasteiger partial charge on any atom is 0.116 e. The van der Waals surface area contributed by atoms with Crippen LogP contribution in [0.15, 0.2) is 42.5 Å². The summed E-state index contributed by atoms with van der Waals surface area (Å²) in [6, 6.07) is 13.0. The van der Waals surface area contributed by atoms with E-state index in [1.54, 1.807) is 18.2 Å². The molecule has 4 heteroatoms. The number of aryl methyl sites for hydroxylation is 2. The SMILES string of the molecule is CCN(CC)CCCCn1c(-c2ccc(O)cc2)c(C)c2cc(O)ccc21. The molecule has 0 aliphatic carbocycles. The molecule has 144 valence electrons. The van der Waals surface area contributed by atoms with Crippen molar-refractivity contribution in [3.63, 3.8) is 0 Å². The number of unbranched alkanes of at least 4 members (excludes halogenated alkanes) is 1. The quantitative estimate of drug-likeness (QED) is 0.542. The van der Waals surface area contributed by atoms with Crippen LogP contribution >= 0.6 is 0 Å². The Balaban J connectivity index is 1.94. The Morgan fingerprint density at radius 3 is 2.22 bits per heavy atom. The van der Waals surface area contributed by atoms with Crippen LogP contribution in [-0.2, 0) is 6.54 Å². The lowest BCUT2D eigenvalue weighted by molar-refractivity contribution is 0.294. The molecular formula is C23H30N2O2. The summed E-state index contributed by atoms with van der Waals surface area (Å²) >= 11 is 0. The molecule has 0 saturated heterocycles. The number of phenolic OH excluding ortho intramolecular Hbond substituents is 2. The molecule has 3 aromatic rings. The Morgan fingerprint density at radius 1 is 0.889 bits per heavy atom. The Kier molecular flexibility index (Phi) is 6.07. The molecule has 2 aromatic carbocycles. The average Bonchev–Trinajstić information content (AvgIpc) is 2.94. The van der Waals surface area contributed by atoms with Crippen molar-refractivity contribution in [2.75, 3.05) is 19.6 Å². The van der Waals surface area contributed by atoms with Crippen LogP contribution in [0.5, 0.6) is 11.5 Å². The minimum Gasteiger partial charge on any atom is -0.508 e. The molecule has 0 atom stereocenters. The van der Waals surface area contributed by atoms with E-state index in [0.29, 0.717) is 5.75 Å². The van der Waals surface area contributed by atoms with E-state index in [1.807, 2.05) is 24.3 Å². The largest absolute Gasteiger partial charge is 0.508 e. The molecule has 4 nitrogen and oxygen atoms in total. The third-order valence-corrected chi connectivity index (χ3v) is 5.44. The maximum atomic E-state index is 9.94. The first-order chi connectivity index (χ1) is 13.0. The summed E-state index contributed by atoms with van der Waals surface area (Å²) in [5.41, 5.74) is 4.56. The molecule has 0 saturated carbocycles. The van der Waals surface area contributed by atoms with Gasteiger partial charge in [-0.3, -0.25) is 0 Å². The van der Waals surface area contributed by atoms with E-state index in [1.165, 1.54) is 5.69 Å². The van der Waals surface area contributed by atoms with Crippen molar-refractivity contribution >= 4 is 10.9 Å². The van der Waals surface area contributed by atoms with Crippen LogP contribution in [0.1, 0.15) is 32.3 Å². The van der Waals surface area contributed by atoms with Gasteiger partial charge in [-0.15, -0.1) is 0 Å². The summed E-state index contributed by atoms with van der Waals surface area (Å²) in [5.74, 6) is 0.567. The number of aromatic hydroxyl groups is 2. The first-order valence-electron chi connectivity index (χ1n) is 9.88. The van der Waals surface area contributed by atoms with Crippen molar-refractivity contribution < 1.29 is 10.2 Å². The van der Waals surface area contributed by atoms with Gasteiger partial charge in [-0.05, 0) is 93.0 Å². The number of benzene rings is 2. The van der Waals surface area contributed by atoms with Crippen LogP contribution < -0.4 is 0 Å². The second-order valence-electron chi connectivity index (χ2n) is 7.11. The van der Waals surface area contributed by atoms with Crippen molar-refractivity contribution in [2.24, 2.45) is 0 Å². The predicted molar refractivity (Wildman–Crippen MR) is 112 cm³/mol. The summed E-state index contributed by atoms with van der Waals surface area (Å²) in [6.07, 6.45) is 2.26. The molecule has 0 unspecified atom stereocenters. The zero-order chi connectivity index (χ0) is 19.4.